The Hall–Kier alpha value is -5.90. The summed E-state index contributed by atoms with van der Waals surface area (Å²) < 4.78 is 14.7. The number of cyclic esters (lactones) is 1. The van der Waals surface area contributed by atoms with Crippen LogP contribution in [-0.4, -0.2) is 123 Å². The van der Waals surface area contributed by atoms with E-state index in [1.165, 1.54) is 21.9 Å². The molecule has 5 atom stereocenters. The van der Waals surface area contributed by atoms with E-state index in [0.29, 0.717) is 39.0 Å². The number of rotatable bonds is 9. The van der Waals surface area contributed by atoms with Crippen LogP contribution >= 0.6 is 0 Å². The summed E-state index contributed by atoms with van der Waals surface area (Å²) in [5.74, 6) is -3.02. The number of amides is 4. The van der Waals surface area contributed by atoms with Crippen LogP contribution < -0.4 is 10.7 Å². The van der Waals surface area contributed by atoms with Gasteiger partial charge in [0.25, 0.3) is 11.8 Å². The zero-order valence-electron chi connectivity index (χ0n) is 39.7. The lowest BCUT2D eigenvalue weighted by atomic mass is 9.84. The summed E-state index contributed by atoms with van der Waals surface area (Å²) in [7, 11) is 1.46. The molecule has 0 saturated carbocycles. The second-order valence-corrected chi connectivity index (χ2v) is 19.8. The fourth-order valence-electron chi connectivity index (χ4n) is 10.5. The van der Waals surface area contributed by atoms with Gasteiger partial charge in [0.2, 0.25) is 11.8 Å². The summed E-state index contributed by atoms with van der Waals surface area (Å²) >= 11 is 0. The lowest BCUT2D eigenvalue weighted by Crippen LogP contribution is -2.63. The molecule has 6 bridgehead atoms. The van der Waals surface area contributed by atoms with Gasteiger partial charge < -0.3 is 34.3 Å². The van der Waals surface area contributed by atoms with Gasteiger partial charge in [-0.3, -0.25) is 34.0 Å². The van der Waals surface area contributed by atoms with Crippen molar-refractivity contribution < 1.29 is 38.6 Å². The Labute approximate surface area is 392 Å². The molecule has 3 fully saturated rings. The van der Waals surface area contributed by atoms with Crippen LogP contribution in [0.1, 0.15) is 89.6 Å². The molecule has 4 amide bonds. The van der Waals surface area contributed by atoms with Gasteiger partial charge in [-0.05, 0) is 97.5 Å². The lowest BCUT2D eigenvalue weighted by Gasteiger charge is -2.37. The molecule has 3 saturated heterocycles. The van der Waals surface area contributed by atoms with Crippen molar-refractivity contribution in [3.8, 4) is 22.4 Å². The van der Waals surface area contributed by atoms with Crippen molar-refractivity contribution in [2.75, 3.05) is 39.9 Å². The van der Waals surface area contributed by atoms with E-state index in [1.807, 2.05) is 36.5 Å². The third kappa shape index (κ3) is 9.64. The van der Waals surface area contributed by atoms with Crippen LogP contribution in [0.4, 0.5) is 0 Å². The SMILES string of the molecule is C=CC(=O)N1CC[C@](O)(C(=O)N(C)[C@H](C(=O)N[C@H]2Cc3cccc(c3)-c3ccc4c(c3)c(c(-c3cccnc3[C@@H]3CCCO3)n4CC)CC(C)(C)COC(=O)[C@@H]3CCCN(N3)C2=O)C(C)C)C1. The zero-order chi connectivity index (χ0) is 47.8. The average molecular weight is 916 g/mol. The summed E-state index contributed by atoms with van der Waals surface area (Å²) in [6.45, 7) is 15.2. The monoisotopic (exact) mass is 915 g/mol. The van der Waals surface area contributed by atoms with Gasteiger partial charge in [-0.1, -0.05) is 64.6 Å². The largest absolute Gasteiger partial charge is 0.464 e. The molecule has 3 N–H and O–H groups in total. The molecular formula is C52H65N7O8. The van der Waals surface area contributed by atoms with Crippen LogP contribution in [0.25, 0.3) is 33.3 Å². The number of esters is 1. The van der Waals surface area contributed by atoms with Crippen molar-refractivity contribution in [1.82, 2.24) is 35.1 Å². The second-order valence-electron chi connectivity index (χ2n) is 19.8. The fraction of sp³-hybridized carbons (Fsp3) is 0.500. The highest BCUT2D eigenvalue weighted by Crippen LogP contribution is 2.43. The maximum atomic E-state index is 14.7. The van der Waals surface area contributed by atoms with E-state index in [9.17, 15) is 29.1 Å². The summed E-state index contributed by atoms with van der Waals surface area (Å²) in [4.78, 5) is 77.0. The normalized spacial score (nSPS) is 23.7. The predicted molar refractivity (Wildman–Crippen MR) is 254 cm³/mol. The maximum Gasteiger partial charge on any atom is 0.324 e. The molecule has 356 valence electrons. The van der Waals surface area contributed by atoms with Crippen LogP contribution in [0.15, 0.2) is 73.4 Å². The van der Waals surface area contributed by atoms with Crippen molar-refractivity contribution in [3.05, 3.63) is 90.3 Å². The number of hydrogen-bond acceptors (Lipinski definition) is 10. The smallest absolute Gasteiger partial charge is 0.324 e. The Bertz CT molecular complexity index is 2560. The first-order chi connectivity index (χ1) is 32.0. The molecule has 8 rings (SSSR count). The Balaban J connectivity index is 1.18. The van der Waals surface area contributed by atoms with Gasteiger partial charge in [0.05, 0.1) is 24.5 Å². The summed E-state index contributed by atoms with van der Waals surface area (Å²) in [6.07, 6.45) is 6.41. The number of carbonyl (C=O) groups is 5. The number of aryl methyl sites for hydroxylation is 1. The lowest BCUT2D eigenvalue weighted by molar-refractivity contribution is -0.156. The number of hydrogen-bond donors (Lipinski definition) is 3. The molecule has 0 unspecified atom stereocenters. The van der Waals surface area contributed by atoms with E-state index < -0.39 is 64.7 Å². The number of pyridine rings is 1. The Morgan fingerprint density at radius 3 is 2.58 bits per heavy atom. The quantitative estimate of drug-likeness (QED) is 0.143. The summed E-state index contributed by atoms with van der Waals surface area (Å²) in [6, 6.07) is 15.6. The van der Waals surface area contributed by atoms with E-state index in [-0.39, 0.29) is 38.6 Å². The van der Waals surface area contributed by atoms with Crippen LogP contribution in [-0.2, 0) is 52.8 Å². The van der Waals surface area contributed by atoms with Crippen molar-refractivity contribution in [2.45, 2.75) is 116 Å². The molecule has 4 aliphatic heterocycles. The molecule has 0 spiro atoms. The highest BCUT2D eigenvalue weighted by Gasteiger charge is 2.48. The Morgan fingerprint density at radius 1 is 1.06 bits per heavy atom. The molecule has 2 aromatic carbocycles. The Kier molecular flexibility index (Phi) is 13.8. The molecule has 2 aromatic heterocycles. The minimum absolute atomic E-state index is 0.00247. The third-order valence-electron chi connectivity index (χ3n) is 13.9. The first-order valence-electron chi connectivity index (χ1n) is 23.8. The van der Waals surface area contributed by atoms with Crippen molar-refractivity contribution in [3.63, 3.8) is 0 Å². The molecule has 6 heterocycles. The van der Waals surface area contributed by atoms with E-state index in [0.717, 1.165) is 69.0 Å². The number of aliphatic hydroxyl groups is 1. The van der Waals surface area contributed by atoms with Gasteiger partial charge in [0.15, 0.2) is 5.60 Å². The number of ether oxygens (including phenoxy) is 2. The van der Waals surface area contributed by atoms with E-state index in [1.54, 1.807) is 13.8 Å². The molecule has 0 radical (unpaired) electrons. The topological polar surface area (TPSA) is 176 Å². The van der Waals surface area contributed by atoms with Crippen LogP contribution in [0.3, 0.4) is 0 Å². The maximum absolute atomic E-state index is 14.7. The van der Waals surface area contributed by atoms with Crippen molar-refractivity contribution in [1.29, 1.82) is 0 Å². The number of likely N-dealkylation sites (N-methyl/N-ethyl adjacent to an activating group) is 1. The number of fused-ring (bicyclic) bond motifs is 6. The average Bonchev–Trinajstić information content (AvgIpc) is 4.08. The van der Waals surface area contributed by atoms with Gasteiger partial charge in [-0.15, -0.1) is 0 Å². The number of hydrazine groups is 1. The van der Waals surface area contributed by atoms with Crippen LogP contribution in [0.5, 0.6) is 0 Å². The minimum Gasteiger partial charge on any atom is -0.464 e. The third-order valence-corrected chi connectivity index (χ3v) is 13.9. The van der Waals surface area contributed by atoms with Crippen molar-refractivity contribution >= 4 is 40.5 Å². The number of nitrogens with zero attached hydrogens (tertiary/aromatic N) is 5. The summed E-state index contributed by atoms with van der Waals surface area (Å²) in [5.41, 5.74) is 8.65. The molecule has 15 nitrogen and oxygen atoms in total. The minimum atomic E-state index is -1.90. The number of likely N-dealkylation sites (tertiary alicyclic amines) is 1. The molecule has 67 heavy (non-hydrogen) atoms. The predicted octanol–water partition coefficient (Wildman–Crippen LogP) is 5.52. The van der Waals surface area contributed by atoms with E-state index >= 15 is 0 Å². The molecular weight excluding hydrogens is 851 g/mol. The van der Waals surface area contributed by atoms with Gasteiger partial charge in [0.1, 0.15) is 24.2 Å². The molecule has 4 aromatic rings. The number of nitrogens with one attached hydrogen (secondary N) is 2. The molecule has 4 aliphatic rings. The number of carbonyl (C=O) groups excluding carboxylic acids is 5. The van der Waals surface area contributed by atoms with Crippen LogP contribution in [0, 0.1) is 11.3 Å². The van der Waals surface area contributed by atoms with Gasteiger partial charge in [0, 0.05) is 74.2 Å². The molecule has 0 aliphatic carbocycles. The molecule has 15 heteroatoms. The van der Waals surface area contributed by atoms with E-state index in [2.05, 4.69) is 66.9 Å². The number of β-amino-alcohol motifs (C(OH)–C–C–N with tert-alkyl or cyclic N) is 1. The highest BCUT2D eigenvalue weighted by atomic mass is 16.5. The van der Waals surface area contributed by atoms with Crippen LogP contribution in [0.2, 0.25) is 0 Å². The fourth-order valence-corrected chi connectivity index (χ4v) is 10.5. The van der Waals surface area contributed by atoms with E-state index in [4.69, 9.17) is 14.5 Å². The first-order valence-corrected chi connectivity index (χ1v) is 23.8. The van der Waals surface area contributed by atoms with Gasteiger partial charge in [-0.2, -0.15) is 0 Å². The number of benzene rings is 2. The standard InChI is InChI=1S/C52H65N7O8/c1-8-43(60)57-24-21-52(65,30-57)50(64)56(7)45(32(3)4)47(61)54-40-27-33-14-10-15-34(26-33)35-19-20-41-37(28-35)38(29-51(5,6)31-67-49(63)39-17-12-23-59(55-39)48(40)62)46(58(41)9-2)36-16-11-22-53-44(36)42-18-13-25-66-42/h8,10-11,14-16,19-20,22,26,28,32,39-40,42,45,55,65H,1,9,12-13,17-18,21,23-25,27,29-31H2,2-7H3,(H,54,61)/t39-,40-,42-,45-,52+/m0/s1. The second kappa shape index (κ2) is 19.4. The first kappa shape index (κ1) is 47.6. The summed E-state index contributed by atoms with van der Waals surface area (Å²) in [5, 5.41) is 17.0. The van der Waals surface area contributed by atoms with Gasteiger partial charge >= 0.3 is 5.97 Å². The highest BCUT2D eigenvalue weighted by molar-refractivity contribution is 5.97. The number of aromatic nitrogens is 2. The zero-order valence-corrected chi connectivity index (χ0v) is 39.7. The van der Waals surface area contributed by atoms with Gasteiger partial charge in [-0.25, -0.2) is 5.43 Å². The van der Waals surface area contributed by atoms with Crippen molar-refractivity contribution in [2.24, 2.45) is 11.3 Å². The Morgan fingerprint density at radius 2 is 1.85 bits per heavy atom.